The lowest BCUT2D eigenvalue weighted by atomic mass is 10.2. The number of nitrogens with one attached hydrogen (secondary N) is 1. The van der Waals surface area contributed by atoms with Crippen molar-refractivity contribution in [2.24, 2.45) is 5.10 Å². The van der Waals surface area contributed by atoms with Crippen LogP contribution in [0.5, 0.6) is 11.5 Å². The summed E-state index contributed by atoms with van der Waals surface area (Å²) in [5, 5.41) is 5.03. The number of anilines is 1. The Morgan fingerprint density at radius 2 is 1.70 bits per heavy atom. The fourth-order valence-electron chi connectivity index (χ4n) is 3.85. The van der Waals surface area contributed by atoms with E-state index >= 15 is 0 Å². The molecule has 4 aromatic rings. The molecule has 0 atom stereocenters. The summed E-state index contributed by atoms with van der Waals surface area (Å²) in [5.41, 5.74) is 4.97. The summed E-state index contributed by atoms with van der Waals surface area (Å²) >= 11 is 19.1. The van der Waals surface area contributed by atoms with Gasteiger partial charge in [0, 0.05) is 20.1 Å². The number of carbonyl (C=O) groups excluding carboxylic acids is 1. The van der Waals surface area contributed by atoms with Crippen LogP contribution in [0.15, 0.2) is 97.8 Å². The lowest BCUT2D eigenvalue weighted by Crippen LogP contribution is -2.39. The van der Waals surface area contributed by atoms with Crippen molar-refractivity contribution >= 4 is 82.9 Å². The summed E-state index contributed by atoms with van der Waals surface area (Å²) in [6.07, 6.45) is 1.41. The molecule has 224 valence electrons. The van der Waals surface area contributed by atoms with Crippen molar-refractivity contribution in [3.8, 4) is 11.5 Å². The molecule has 0 aromatic heterocycles. The predicted molar refractivity (Wildman–Crippen MR) is 177 cm³/mol. The third-order valence-electron chi connectivity index (χ3n) is 6.05. The molecule has 0 aliphatic rings. The molecule has 0 unspecified atom stereocenters. The van der Waals surface area contributed by atoms with Crippen LogP contribution < -0.4 is 19.2 Å². The second-order valence-corrected chi connectivity index (χ2v) is 13.6. The zero-order valence-corrected chi connectivity index (χ0v) is 28.4. The molecule has 1 N–H and O–H groups in total. The van der Waals surface area contributed by atoms with Gasteiger partial charge in [-0.05, 0) is 89.1 Å². The Morgan fingerprint density at radius 1 is 1.00 bits per heavy atom. The normalized spacial score (nSPS) is 11.4. The summed E-state index contributed by atoms with van der Waals surface area (Å²) in [7, 11) is -2.55. The average Bonchev–Trinajstić information content (AvgIpc) is 2.96. The number of sulfonamides is 1. The quantitative estimate of drug-likeness (QED) is 0.124. The molecule has 13 heteroatoms. The molecule has 0 heterocycles. The first-order valence-corrected chi connectivity index (χ1v) is 16.4. The minimum atomic E-state index is -4.05. The van der Waals surface area contributed by atoms with E-state index in [1.54, 1.807) is 66.7 Å². The molecule has 0 saturated carbocycles. The number of rotatable bonds is 11. The first-order chi connectivity index (χ1) is 20.5. The van der Waals surface area contributed by atoms with Crippen molar-refractivity contribution in [2.45, 2.75) is 18.4 Å². The van der Waals surface area contributed by atoms with E-state index in [0.717, 1.165) is 19.9 Å². The van der Waals surface area contributed by atoms with Gasteiger partial charge in [-0.2, -0.15) is 5.10 Å². The van der Waals surface area contributed by atoms with Gasteiger partial charge in [-0.1, -0.05) is 62.9 Å². The minimum absolute atomic E-state index is 0.0647. The zero-order chi connectivity index (χ0) is 31.1. The molecule has 0 fully saturated rings. The Kier molecular flexibility index (Phi) is 11.1. The van der Waals surface area contributed by atoms with Crippen LogP contribution in [0.25, 0.3) is 0 Å². The van der Waals surface area contributed by atoms with Gasteiger partial charge in [0.05, 0.1) is 28.4 Å². The molecular formula is C30H25Br2Cl2N3O5S. The topological polar surface area (TPSA) is 97.3 Å². The van der Waals surface area contributed by atoms with Crippen LogP contribution in [0.1, 0.15) is 16.7 Å². The van der Waals surface area contributed by atoms with Crippen molar-refractivity contribution in [2.75, 3.05) is 18.0 Å². The third-order valence-corrected chi connectivity index (χ3v) is 9.55. The van der Waals surface area contributed by atoms with Gasteiger partial charge < -0.3 is 9.47 Å². The molecule has 43 heavy (non-hydrogen) atoms. The van der Waals surface area contributed by atoms with Gasteiger partial charge in [-0.25, -0.2) is 13.8 Å². The average molecular weight is 770 g/mol. The maximum absolute atomic E-state index is 13.5. The zero-order valence-electron chi connectivity index (χ0n) is 22.9. The van der Waals surface area contributed by atoms with Crippen LogP contribution >= 0.6 is 55.1 Å². The smallest absolute Gasteiger partial charge is 0.264 e. The van der Waals surface area contributed by atoms with E-state index in [2.05, 4.69) is 42.4 Å². The Bertz CT molecular complexity index is 1750. The van der Waals surface area contributed by atoms with Crippen LogP contribution in [-0.4, -0.2) is 34.2 Å². The molecule has 1 amide bonds. The van der Waals surface area contributed by atoms with Crippen LogP contribution in [0, 0.1) is 6.92 Å². The summed E-state index contributed by atoms with van der Waals surface area (Å²) in [4.78, 5) is 13.0. The van der Waals surface area contributed by atoms with Crippen LogP contribution in [-0.2, 0) is 21.4 Å². The number of hydrazone groups is 1. The Balaban J connectivity index is 1.48. The number of ether oxygens (including phenoxy) is 2. The lowest BCUT2D eigenvalue weighted by molar-refractivity contribution is -0.119. The van der Waals surface area contributed by atoms with Gasteiger partial charge >= 0.3 is 0 Å². The number of amides is 1. The lowest BCUT2D eigenvalue weighted by Gasteiger charge is -2.23. The number of halogens is 4. The third kappa shape index (κ3) is 8.51. The highest BCUT2D eigenvalue weighted by atomic mass is 79.9. The van der Waals surface area contributed by atoms with Crippen LogP contribution in [0.4, 0.5) is 5.69 Å². The second-order valence-electron chi connectivity index (χ2n) is 9.15. The van der Waals surface area contributed by atoms with E-state index in [9.17, 15) is 13.2 Å². The second kappa shape index (κ2) is 14.6. The Labute approximate surface area is 276 Å². The van der Waals surface area contributed by atoms with Gasteiger partial charge in [-0.15, -0.1) is 0 Å². The molecule has 0 aliphatic carbocycles. The molecule has 0 radical (unpaired) electrons. The molecule has 0 spiro atoms. The first kappa shape index (κ1) is 32.8. The standard InChI is InChI=1S/C30H25Br2Cl2N3O5S/c1-19-3-11-25(12-4-19)43(39,40)37(24-9-6-22(31)7-10-24)17-29(38)36-35-16-20-13-26(32)30(28(14-20)41-2)42-18-21-5-8-23(33)15-27(21)34/h3-16H,17-18H2,1-2H3,(H,36,38)/b35-16-. The number of benzene rings is 4. The van der Waals surface area contributed by atoms with Crippen molar-refractivity contribution in [1.29, 1.82) is 0 Å². The number of carbonyl (C=O) groups is 1. The van der Waals surface area contributed by atoms with E-state index in [-0.39, 0.29) is 11.5 Å². The van der Waals surface area contributed by atoms with Gasteiger partial charge in [0.2, 0.25) is 0 Å². The molecule has 0 bridgehead atoms. The largest absolute Gasteiger partial charge is 0.493 e. The van der Waals surface area contributed by atoms with Crippen molar-refractivity contribution < 1.29 is 22.7 Å². The van der Waals surface area contributed by atoms with E-state index in [1.807, 2.05) is 6.92 Å². The van der Waals surface area contributed by atoms with Gasteiger partial charge in [0.25, 0.3) is 15.9 Å². The molecular weight excluding hydrogens is 745 g/mol. The molecule has 4 aromatic carbocycles. The van der Waals surface area contributed by atoms with Crippen LogP contribution in [0.3, 0.4) is 0 Å². The van der Waals surface area contributed by atoms with Gasteiger partial charge in [0.1, 0.15) is 13.2 Å². The van der Waals surface area contributed by atoms with Crippen LogP contribution in [0.2, 0.25) is 10.0 Å². The number of nitrogens with zero attached hydrogens (tertiary/aromatic N) is 2. The summed E-state index contributed by atoms with van der Waals surface area (Å²) in [6, 6.07) is 21.6. The van der Waals surface area contributed by atoms with Crippen molar-refractivity contribution in [3.63, 3.8) is 0 Å². The summed E-state index contributed by atoms with van der Waals surface area (Å²) < 4.78 is 40.9. The molecule has 0 saturated heterocycles. The molecule has 8 nitrogen and oxygen atoms in total. The number of methoxy groups -OCH3 is 1. The van der Waals surface area contributed by atoms with Gasteiger partial charge in [0.15, 0.2) is 11.5 Å². The van der Waals surface area contributed by atoms with E-state index in [4.69, 9.17) is 32.7 Å². The first-order valence-electron chi connectivity index (χ1n) is 12.6. The maximum atomic E-state index is 13.5. The SMILES string of the molecule is COc1cc(/C=N\NC(=O)CN(c2ccc(Br)cc2)S(=O)(=O)c2ccc(C)cc2)cc(Br)c1OCc1ccc(Cl)cc1Cl. The Morgan fingerprint density at radius 3 is 2.35 bits per heavy atom. The van der Waals surface area contributed by atoms with E-state index in [1.165, 1.54) is 25.5 Å². The maximum Gasteiger partial charge on any atom is 0.264 e. The molecule has 0 aliphatic heterocycles. The Hall–Kier alpha value is -3.09. The van der Waals surface area contributed by atoms with E-state index < -0.39 is 22.5 Å². The monoisotopic (exact) mass is 767 g/mol. The number of hydrogen-bond donors (Lipinski definition) is 1. The highest BCUT2D eigenvalue weighted by Gasteiger charge is 2.27. The number of aryl methyl sites for hydroxylation is 1. The summed E-state index contributed by atoms with van der Waals surface area (Å²) in [5.74, 6) is 0.222. The summed E-state index contributed by atoms with van der Waals surface area (Å²) in [6.45, 7) is 1.54. The van der Waals surface area contributed by atoms with Gasteiger partial charge in [-0.3, -0.25) is 9.10 Å². The fourth-order valence-corrected chi connectivity index (χ4v) is 6.57. The predicted octanol–water partition coefficient (Wildman–Crippen LogP) is 7.76. The minimum Gasteiger partial charge on any atom is -0.493 e. The highest BCUT2D eigenvalue weighted by molar-refractivity contribution is 9.10. The van der Waals surface area contributed by atoms with Crippen molar-refractivity contribution in [1.82, 2.24) is 5.43 Å². The van der Waals surface area contributed by atoms with E-state index in [0.29, 0.717) is 37.3 Å². The van der Waals surface area contributed by atoms with Crippen molar-refractivity contribution in [3.05, 3.63) is 115 Å². The highest BCUT2D eigenvalue weighted by Crippen LogP contribution is 2.37. The molecule has 4 rings (SSSR count). The number of hydrogen-bond acceptors (Lipinski definition) is 6. The fraction of sp³-hybridized carbons (Fsp3) is 0.133.